The molecule has 12 heavy (non-hydrogen) atoms. The number of rotatable bonds is 0. The predicted molar refractivity (Wildman–Crippen MR) is 48.2 cm³/mol. The molecule has 1 N–H and O–H groups in total. The molecule has 0 aliphatic carbocycles. The van der Waals surface area contributed by atoms with Crippen LogP contribution in [0.5, 0.6) is 0 Å². The van der Waals surface area contributed by atoms with Gasteiger partial charge in [-0.2, -0.15) is 0 Å². The molecular weight excluding hydrogens is 150 g/mol. The number of furan rings is 1. The molecule has 2 heteroatoms. The highest BCUT2D eigenvalue weighted by atomic mass is 16.3. The van der Waals surface area contributed by atoms with Crippen molar-refractivity contribution in [1.29, 1.82) is 0 Å². The molecule has 0 aromatic carbocycles. The Morgan fingerprint density at radius 3 is 3.00 bits per heavy atom. The van der Waals surface area contributed by atoms with E-state index < -0.39 is 0 Å². The van der Waals surface area contributed by atoms with Crippen LogP contribution in [0.2, 0.25) is 0 Å². The van der Waals surface area contributed by atoms with E-state index in [1.54, 1.807) is 6.26 Å². The lowest BCUT2D eigenvalue weighted by Crippen LogP contribution is -2.39. The van der Waals surface area contributed by atoms with Crippen LogP contribution in [-0.2, 0) is 5.41 Å². The molecule has 1 aromatic rings. The van der Waals surface area contributed by atoms with Crippen LogP contribution in [0.1, 0.15) is 38.1 Å². The van der Waals surface area contributed by atoms with Crippen LogP contribution in [0.25, 0.3) is 0 Å². The standard InChI is InChI=1S/C10H15NO/c1-7-8-4-5-12-9(8)10(2,3)6-11-7/h4-5,7,11H,6H2,1-3H3. The van der Waals surface area contributed by atoms with Crippen molar-refractivity contribution in [3.63, 3.8) is 0 Å². The normalized spacial score (nSPS) is 26.8. The first-order valence-electron chi connectivity index (χ1n) is 4.42. The van der Waals surface area contributed by atoms with E-state index in [1.807, 2.05) is 0 Å². The van der Waals surface area contributed by atoms with Crippen LogP contribution in [0.4, 0.5) is 0 Å². The molecule has 0 saturated carbocycles. The number of hydrogen-bond acceptors (Lipinski definition) is 2. The van der Waals surface area contributed by atoms with Crippen LogP contribution in [0.15, 0.2) is 16.7 Å². The van der Waals surface area contributed by atoms with E-state index in [0.29, 0.717) is 6.04 Å². The fourth-order valence-corrected chi connectivity index (χ4v) is 1.81. The van der Waals surface area contributed by atoms with Crippen molar-refractivity contribution >= 4 is 0 Å². The molecule has 2 rings (SSSR count). The second-order valence-corrected chi connectivity index (χ2v) is 4.19. The summed E-state index contributed by atoms with van der Waals surface area (Å²) in [5.74, 6) is 1.15. The first-order valence-corrected chi connectivity index (χ1v) is 4.42. The Morgan fingerprint density at radius 1 is 1.58 bits per heavy atom. The first-order chi connectivity index (χ1) is 5.61. The minimum absolute atomic E-state index is 0.144. The Balaban J connectivity index is 2.50. The lowest BCUT2D eigenvalue weighted by molar-refractivity contribution is 0.319. The Kier molecular flexibility index (Phi) is 1.55. The van der Waals surface area contributed by atoms with Gasteiger partial charge in [-0.25, -0.2) is 0 Å². The van der Waals surface area contributed by atoms with E-state index >= 15 is 0 Å². The SMILES string of the molecule is CC1NCC(C)(C)c2occc21. The minimum atomic E-state index is 0.144. The third-order valence-electron chi connectivity index (χ3n) is 2.63. The Morgan fingerprint density at radius 2 is 2.33 bits per heavy atom. The molecule has 1 aliphatic heterocycles. The molecule has 2 nitrogen and oxygen atoms in total. The molecule has 2 heterocycles. The molecule has 1 unspecified atom stereocenters. The number of fused-ring (bicyclic) bond motifs is 1. The van der Waals surface area contributed by atoms with Crippen molar-refractivity contribution in [3.8, 4) is 0 Å². The summed E-state index contributed by atoms with van der Waals surface area (Å²) in [6.45, 7) is 7.57. The van der Waals surface area contributed by atoms with Crippen molar-refractivity contribution in [2.75, 3.05) is 6.54 Å². The van der Waals surface area contributed by atoms with E-state index in [9.17, 15) is 0 Å². The zero-order chi connectivity index (χ0) is 8.77. The molecule has 0 radical (unpaired) electrons. The number of hydrogen-bond donors (Lipinski definition) is 1. The summed E-state index contributed by atoms with van der Waals surface area (Å²) < 4.78 is 5.50. The molecule has 1 aromatic heterocycles. The van der Waals surface area contributed by atoms with Crippen molar-refractivity contribution in [3.05, 3.63) is 23.7 Å². The largest absolute Gasteiger partial charge is 0.468 e. The van der Waals surface area contributed by atoms with E-state index in [0.717, 1.165) is 12.3 Å². The van der Waals surface area contributed by atoms with Crippen LogP contribution in [-0.4, -0.2) is 6.54 Å². The van der Waals surface area contributed by atoms with Crippen molar-refractivity contribution in [2.24, 2.45) is 0 Å². The van der Waals surface area contributed by atoms with Gasteiger partial charge in [0.05, 0.1) is 6.26 Å². The Hall–Kier alpha value is -0.760. The average Bonchev–Trinajstić information content (AvgIpc) is 2.46. The lowest BCUT2D eigenvalue weighted by Gasteiger charge is -2.32. The van der Waals surface area contributed by atoms with Gasteiger partial charge in [0.25, 0.3) is 0 Å². The van der Waals surface area contributed by atoms with Gasteiger partial charge >= 0.3 is 0 Å². The molecule has 0 fully saturated rings. The molecule has 1 aliphatic rings. The van der Waals surface area contributed by atoms with Gasteiger partial charge in [0.1, 0.15) is 5.76 Å². The first kappa shape index (κ1) is 7.87. The highest BCUT2D eigenvalue weighted by Crippen LogP contribution is 2.34. The minimum Gasteiger partial charge on any atom is -0.468 e. The summed E-state index contributed by atoms with van der Waals surface area (Å²) >= 11 is 0. The van der Waals surface area contributed by atoms with Crippen LogP contribution in [0.3, 0.4) is 0 Å². The zero-order valence-electron chi connectivity index (χ0n) is 7.85. The topological polar surface area (TPSA) is 25.2 Å². The van der Waals surface area contributed by atoms with Crippen LogP contribution >= 0.6 is 0 Å². The third kappa shape index (κ3) is 0.985. The van der Waals surface area contributed by atoms with Gasteiger partial charge in [0, 0.05) is 23.6 Å². The maximum Gasteiger partial charge on any atom is 0.115 e. The Bertz CT molecular complexity index is 288. The van der Waals surface area contributed by atoms with Crippen molar-refractivity contribution < 1.29 is 4.42 Å². The van der Waals surface area contributed by atoms with Gasteiger partial charge in [-0.05, 0) is 13.0 Å². The van der Waals surface area contributed by atoms with Gasteiger partial charge < -0.3 is 9.73 Å². The second-order valence-electron chi connectivity index (χ2n) is 4.19. The van der Waals surface area contributed by atoms with Gasteiger partial charge in [-0.3, -0.25) is 0 Å². The van der Waals surface area contributed by atoms with Crippen molar-refractivity contribution in [1.82, 2.24) is 5.32 Å². The average molecular weight is 165 g/mol. The summed E-state index contributed by atoms with van der Waals surface area (Å²) in [5.41, 5.74) is 1.46. The highest BCUT2D eigenvalue weighted by Gasteiger charge is 2.33. The molecule has 0 spiro atoms. The van der Waals surface area contributed by atoms with Crippen LogP contribution < -0.4 is 5.32 Å². The molecular formula is C10H15NO. The van der Waals surface area contributed by atoms with E-state index in [-0.39, 0.29) is 5.41 Å². The smallest absolute Gasteiger partial charge is 0.115 e. The van der Waals surface area contributed by atoms with Gasteiger partial charge in [-0.1, -0.05) is 13.8 Å². The third-order valence-corrected chi connectivity index (χ3v) is 2.63. The molecule has 0 bridgehead atoms. The monoisotopic (exact) mass is 165 g/mol. The van der Waals surface area contributed by atoms with E-state index in [4.69, 9.17) is 4.42 Å². The van der Waals surface area contributed by atoms with Gasteiger partial charge in [0.2, 0.25) is 0 Å². The fraction of sp³-hybridized carbons (Fsp3) is 0.600. The summed E-state index contributed by atoms with van der Waals surface area (Å²) in [7, 11) is 0. The van der Waals surface area contributed by atoms with E-state index in [1.165, 1.54) is 5.56 Å². The van der Waals surface area contributed by atoms with Crippen LogP contribution in [0, 0.1) is 0 Å². The maximum atomic E-state index is 5.50. The highest BCUT2D eigenvalue weighted by molar-refractivity contribution is 5.30. The number of nitrogens with one attached hydrogen (secondary N) is 1. The lowest BCUT2D eigenvalue weighted by atomic mass is 9.83. The Labute approximate surface area is 73.0 Å². The molecule has 0 amide bonds. The van der Waals surface area contributed by atoms with Gasteiger partial charge in [-0.15, -0.1) is 0 Å². The van der Waals surface area contributed by atoms with Crippen molar-refractivity contribution in [2.45, 2.75) is 32.2 Å². The zero-order valence-corrected chi connectivity index (χ0v) is 7.85. The molecule has 66 valence electrons. The van der Waals surface area contributed by atoms with E-state index in [2.05, 4.69) is 32.2 Å². The molecule has 0 saturated heterocycles. The predicted octanol–water partition coefficient (Wildman–Crippen LogP) is 2.22. The second kappa shape index (κ2) is 2.36. The summed E-state index contributed by atoms with van der Waals surface area (Å²) in [6, 6.07) is 2.50. The summed E-state index contributed by atoms with van der Waals surface area (Å²) in [4.78, 5) is 0. The summed E-state index contributed by atoms with van der Waals surface area (Å²) in [5, 5.41) is 3.45. The molecule has 1 atom stereocenters. The summed E-state index contributed by atoms with van der Waals surface area (Å²) in [6.07, 6.45) is 1.79. The quantitative estimate of drug-likeness (QED) is 0.637. The maximum absolute atomic E-state index is 5.50. The fourth-order valence-electron chi connectivity index (χ4n) is 1.81. The van der Waals surface area contributed by atoms with Gasteiger partial charge in [0.15, 0.2) is 0 Å².